The number of hydrogen-bond acceptors (Lipinski definition) is 4. The first kappa shape index (κ1) is 22.4. The highest BCUT2D eigenvalue weighted by Gasteiger charge is 2.22. The third kappa shape index (κ3) is 8.35. The van der Waals surface area contributed by atoms with Crippen LogP contribution in [0, 0.1) is 5.92 Å². The predicted molar refractivity (Wildman–Crippen MR) is 112 cm³/mol. The Kier molecular flexibility index (Phi) is 9.18. The van der Waals surface area contributed by atoms with Crippen molar-refractivity contribution in [2.75, 3.05) is 20.1 Å². The number of amides is 1. The molecule has 1 heterocycles. The lowest BCUT2D eigenvalue weighted by molar-refractivity contribution is -0.139. The summed E-state index contributed by atoms with van der Waals surface area (Å²) >= 11 is 0. The Morgan fingerprint density at radius 2 is 1.62 bits per heavy atom. The largest absolute Gasteiger partial charge is 0.479 e. The molecule has 2 aromatic rings. The van der Waals surface area contributed by atoms with E-state index in [1.807, 2.05) is 30.3 Å². The number of carbonyl (C=O) groups excluding carboxylic acids is 1. The van der Waals surface area contributed by atoms with Crippen molar-refractivity contribution in [3.63, 3.8) is 0 Å². The minimum atomic E-state index is -1.14. The van der Waals surface area contributed by atoms with E-state index >= 15 is 0 Å². The van der Waals surface area contributed by atoms with Crippen molar-refractivity contribution in [2.24, 2.45) is 5.92 Å². The molecule has 1 aliphatic rings. The molecule has 1 amide bonds. The summed E-state index contributed by atoms with van der Waals surface area (Å²) in [6, 6.07) is 16.5. The van der Waals surface area contributed by atoms with Crippen molar-refractivity contribution in [2.45, 2.75) is 32.4 Å². The predicted octanol–water partition coefficient (Wildman–Crippen LogP) is 4.09. The van der Waals surface area contributed by atoms with Gasteiger partial charge in [-0.3, -0.25) is 0 Å². The third-order valence-corrected chi connectivity index (χ3v) is 4.86. The molecule has 0 spiro atoms. The van der Waals surface area contributed by atoms with E-state index in [4.69, 9.17) is 4.74 Å². The Bertz CT molecular complexity index is 734. The normalized spacial score (nSPS) is 15.5. The molecule has 1 aliphatic heterocycles. The van der Waals surface area contributed by atoms with Gasteiger partial charge in [0.1, 0.15) is 6.61 Å². The van der Waals surface area contributed by atoms with Gasteiger partial charge < -0.3 is 20.1 Å². The Balaban J connectivity index is 0.000000313. The molecule has 1 saturated heterocycles. The lowest BCUT2D eigenvalue weighted by Gasteiger charge is -2.26. The van der Waals surface area contributed by atoms with Crippen LogP contribution in [0.2, 0.25) is 0 Å². The number of carboxylic acids is 1. The summed E-state index contributed by atoms with van der Waals surface area (Å²) in [5, 5.41) is 11.5. The number of carbonyl (C=O) groups is 2. The van der Waals surface area contributed by atoms with Crippen LogP contribution in [0.5, 0.6) is 0 Å². The van der Waals surface area contributed by atoms with Gasteiger partial charge in [0.15, 0.2) is 6.04 Å². The van der Waals surface area contributed by atoms with Crippen LogP contribution in [-0.4, -0.2) is 42.2 Å². The summed E-state index contributed by atoms with van der Waals surface area (Å²) in [4.78, 5) is 25.4. The summed E-state index contributed by atoms with van der Waals surface area (Å²) in [5.41, 5.74) is 1.32. The average molecular weight is 399 g/mol. The number of aliphatic carboxylic acids is 1. The number of alkyl carbamates (subject to hydrolysis) is 1. The molecule has 0 aliphatic carbocycles. The maximum Gasteiger partial charge on any atom is 0.408 e. The van der Waals surface area contributed by atoms with Crippen molar-refractivity contribution in [1.82, 2.24) is 10.2 Å². The lowest BCUT2D eigenvalue weighted by Crippen LogP contribution is -2.34. The Labute approximate surface area is 172 Å². The van der Waals surface area contributed by atoms with Gasteiger partial charge in [0.2, 0.25) is 0 Å². The molecule has 156 valence electrons. The van der Waals surface area contributed by atoms with Gasteiger partial charge in [0.25, 0.3) is 0 Å². The number of piperidine rings is 1. The molecule has 0 radical (unpaired) electrons. The van der Waals surface area contributed by atoms with E-state index in [-0.39, 0.29) is 6.61 Å². The molecule has 0 saturated carbocycles. The number of ether oxygens (including phenoxy) is 1. The van der Waals surface area contributed by atoms with Crippen LogP contribution in [0.1, 0.15) is 36.9 Å². The molecular weight excluding hydrogens is 368 g/mol. The standard InChI is InChI=1S/C16H15NO4.C7H15N/c18-15(19)14(13-9-5-2-6-10-13)17-16(20)21-11-12-7-3-1-4-8-12;1-7-3-5-8(2)6-4-7/h1-10,14H,11H2,(H,17,20)(H,18,19);7H,3-6H2,1-2H3. The van der Waals surface area contributed by atoms with Crippen LogP contribution in [0.15, 0.2) is 60.7 Å². The molecule has 6 heteroatoms. The number of carboxylic acid groups (broad SMARTS) is 1. The van der Waals surface area contributed by atoms with Crippen LogP contribution >= 0.6 is 0 Å². The van der Waals surface area contributed by atoms with Crippen LogP contribution in [0.4, 0.5) is 4.79 Å². The molecule has 1 fully saturated rings. The van der Waals surface area contributed by atoms with E-state index in [1.165, 1.54) is 25.9 Å². The summed E-state index contributed by atoms with van der Waals surface area (Å²) in [7, 11) is 2.20. The van der Waals surface area contributed by atoms with Gasteiger partial charge in [-0.25, -0.2) is 9.59 Å². The molecule has 2 N–H and O–H groups in total. The molecule has 1 unspecified atom stereocenters. The van der Waals surface area contributed by atoms with Gasteiger partial charge in [-0.1, -0.05) is 67.6 Å². The summed E-state index contributed by atoms with van der Waals surface area (Å²) in [5.74, 6) is -0.163. The molecule has 2 aromatic carbocycles. The minimum Gasteiger partial charge on any atom is -0.479 e. The second kappa shape index (κ2) is 11.9. The summed E-state index contributed by atoms with van der Waals surface area (Å²) in [6.07, 6.45) is 2.03. The first-order valence-corrected chi connectivity index (χ1v) is 9.89. The van der Waals surface area contributed by atoms with Gasteiger partial charge >= 0.3 is 12.1 Å². The molecule has 1 atom stereocenters. The maximum absolute atomic E-state index is 11.7. The first-order chi connectivity index (χ1) is 14.0. The summed E-state index contributed by atoms with van der Waals surface area (Å²) < 4.78 is 5.02. The van der Waals surface area contributed by atoms with Crippen molar-refractivity contribution in [1.29, 1.82) is 0 Å². The molecule has 3 rings (SSSR count). The highest BCUT2D eigenvalue weighted by molar-refractivity contribution is 5.81. The zero-order valence-corrected chi connectivity index (χ0v) is 17.1. The third-order valence-electron chi connectivity index (χ3n) is 4.86. The lowest BCUT2D eigenvalue weighted by atomic mass is 10.00. The van der Waals surface area contributed by atoms with E-state index in [0.717, 1.165) is 11.5 Å². The number of hydrogen-bond donors (Lipinski definition) is 2. The zero-order valence-electron chi connectivity index (χ0n) is 17.1. The SMILES string of the molecule is CC1CCN(C)CC1.O=C(NC(C(=O)O)c1ccccc1)OCc1ccccc1. The van der Waals surface area contributed by atoms with Crippen LogP contribution < -0.4 is 5.32 Å². The van der Waals surface area contributed by atoms with Crippen molar-refractivity contribution >= 4 is 12.1 Å². The van der Waals surface area contributed by atoms with Crippen LogP contribution in [0.25, 0.3) is 0 Å². The number of rotatable bonds is 5. The van der Waals surface area contributed by atoms with E-state index in [2.05, 4.69) is 24.2 Å². The number of benzene rings is 2. The van der Waals surface area contributed by atoms with E-state index < -0.39 is 18.1 Å². The quantitative estimate of drug-likeness (QED) is 0.793. The van der Waals surface area contributed by atoms with E-state index in [1.54, 1.807) is 30.3 Å². The fourth-order valence-electron chi connectivity index (χ4n) is 2.95. The van der Waals surface area contributed by atoms with Crippen LogP contribution in [-0.2, 0) is 16.1 Å². The maximum atomic E-state index is 11.7. The van der Waals surface area contributed by atoms with Gasteiger partial charge in [-0.05, 0) is 50.0 Å². The zero-order chi connectivity index (χ0) is 21.1. The van der Waals surface area contributed by atoms with Gasteiger partial charge in [0, 0.05) is 0 Å². The Morgan fingerprint density at radius 3 is 2.14 bits per heavy atom. The molecule has 6 nitrogen and oxygen atoms in total. The fourth-order valence-corrected chi connectivity index (χ4v) is 2.95. The second-order valence-corrected chi connectivity index (χ2v) is 7.37. The minimum absolute atomic E-state index is 0.0911. The fraction of sp³-hybridized carbons (Fsp3) is 0.391. The topological polar surface area (TPSA) is 78.9 Å². The Morgan fingerprint density at radius 1 is 1.07 bits per heavy atom. The second-order valence-electron chi connectivity index (χ2n) is 7.37. The molecule has 0 bridgehead atoms. The van der Waals surface area contributed by atoms with E-state index in [9.17, 15) is 14.7 Å². The highest BCUT2D eigenvalue weighted by Crippen LogP contribution is 2.14. The van der Waals surface area contributed by atoms with Crippen molar-refractivity contribution < 1.29 is 19.4 Å². The summed E-state index contributed by atoms with van der Waals surface area (Å²) in [6.45, 7) is 5.04. The number of nitrogens with one attached hydrogen (secondary N) is 1. The van der Waals surface area contributed by atoms with Crippen molar-refractivity contribution in [3.05, 3.63) is 71.8 Å². The number of likely N-dealkylation sites (tertiary alicyclic amines) is 1. The van der Waals surface area contributed by atoms with Gasteiger partial charge in [-0.15, -0.1) is 0 Å². The smallest absolute Gasteiger partial charge is 0.408 e. The van der Waals surface area contributed by atoms with Gasteiger partial charge in [-0.2, -0.15) is 0 Å². The van der Waals surface area contributed by atoms with Gasteiger partial charge in [0.05, 0.1) is 0 Å². The Hall–Kier alpha value is -2.86. The van der Waals surface area contributed by atoms with E-state index in [0.29, 0.717) is 5.56 Å². The highest BCUT2D eigenvalue weighted by atomic mass is 16.5. The molecule has 29 heavy (non-hydrogen) atoms. The average Bonchev–Trinajstić information content (AvgIpc) is 2.74. The van der Waals surface area contributed by atoms with Crippen molar-refractivity contribution in [3.8, 4) is 0 Å². The molecule has 0 aromatic heterocycles. The van der Waals surface area contributed by atoms with Crippen LogP contribution in [0.3, 0.4) is 0 Å². The first-order valence-electron chi connectivity index (χ1n) is 9.89. The monoisotopic (exact) mass is 398 g/mol. The number of nitrogens with zero attached hydrogens (tertiary/aromatic N) is 1. The molecular formula is C23H30N2O4.